The molecule has 0 aromatic rings. The van der Waals surface area contributed by atoms with Gasteiger partial charge in [-0.25, -0.2) is 9.59 Å². The molecule has 2 heterocycles. The van der Waals surface area contributed by atoms with Crippen LogP contribution in [0.15, 0.2) is 0 Å². The molecule has 4 atom stereocenters. The predicted molar refractivity (Wildman–Crippen MR) is 70.5 cm³/mol. The molecule has 2 aliphatic heterocycles. The fourth-order valence-electron chi connectivity index (χ4n) is 2.93. The average Bonchev–Trinajstić information content (AvgIpc) is 2.81. The topological polar surface area (TPSA) is 79.3 Å². The summed E-state index contributed by atoms with van der Waals surface area (Å²) in [4.78, 5) is 26.9. The maximum Gasteiger partial charge on any atom is 0.326 e. The minimum atomic E-state index is -0.979. The third-order valence-electron chi connectivity index (χ3n) is 3.82. The van der Waals surface area contributed by atoms with E-state index >= 15 is 0 Å². The lowest BCUT2D eigenvalue weighted by molar-refractivity contribution is -0.141. The number of carboxylic acids is 1. The third-order valence-corrected chi connectivity index (χ3v) is 3.82. The molecule has 2 fully saturated rings. The molecule has 0 saturated carbocycles. The van der Waals surface area contributed by atoms with E-state index < -0.39 is 12.0 Å². The monoisotopic (exact) mass is 286 g/mol. The number of likely N-dealkylation sites (tertiary alicyclic amines) is 1. The molecule has 0 aliphatic carbocycles. The molecule has 2 rings (SSSR count). The number of carboxylic acid groups (broad SMARTS) is 1. The highest BCUT2D eigenvalue weighted by Crippen LogP contribution is 2.23. The first-order valence-electron chi connectivity index (χ1n) is 6.89. The van der Waals surface area contributed by atoms with Crippen LogP contribution in [0.2, 0.25) is 0 Å². The number of morpholine rings is 1. The van der Waals surface area contributed by atoms with E-state index in [4.69, 9.17) is 9.47 Å². The number of nitrogens with zero attached hydrogens (tertiary/aromatic N) is 2. The summed E-state index contributed by atoms with van der Waals surface area (Å²) in [6.45, 7) is 5.12. The fraction of sp³-hybridized carbons (Fsp3) is 0.846. The summed E-state index contributed by atoms with van der Waals surface area (Å²) in [7, 11) is 1.54. The Morgan fingerprint density at radius 3 is 2.30 bits per heavy atom. The third kappa shape index (κ3) is 3.04. The second-order valence-electron chi connectivity index (χ2n) is 5.54. The van der Waals surface area contributed by atoms with Crippen molar-refractivity contribution in [2.45, 2.75) is 44.6 Å². The molecule has 2 saturated heterocycles. The second kappa shape index (κ2) is 5.97. The maximum absolute atomic E-state index is 12.5. The highest BCUT2D eigenvalue weighted by atomic mass is 16.5. The summed E-state index contributed by atoms with van der Waals surface area (Å²) in [5, 5.41) is 9.26. The molecule has 7 nitrogen and oxygen atoms in total. The Hall–Kier alpha value is -1.34. The summed E-state index contributed by atoms with van der Waals surface area (Å²) < 4.78 is 10.8. The minimum Gasteiger partial charge on any atom is -0.480 e. The normalized spacial score (nSPS) is 34.4. The number of hydrogen-bond donors (Lipinski definition) is 1. The van der Waals surface area contributed by atoms with Crippen molar-refractivity contribution in [3.05, 3.63) is 0 Å². The molecule has 1 N–H and O–H groups in total. The van der Waals surface area contributed by atoms with Gasteiger partial charge in [0.05, 0.1) is 18.3 Å². The number of carbonyl (C=O) groups excluding carboxylic acids is 1. The standard InChI is InChI=1S/C13H22N2O5/c1-8-5-14(6-9(2)20-8)13(18)15-7-10(19-3)4-11(15)12(16)17/h8-11H,4-7H2,1-3H3,(H,16,17)/t8-,9+,10?,11?. The highest BCUT2D eigenvalue weighted by molar-refractivity contribution is 5.83. The zero-order valence-corrected chi connectivity index (χ0v) is 12.1. The number of amides is 2. The zero-order valence-electron chi connectivity index (χ0n) is 12.1. The highest BCUT2D eigenvalue weighted by Gasteiger charge is 2.42. The summed E-state index contributed by atoms with van der Waals surface area (Å²) in [6.07, 6.45) is 0.0575. The van der Waals surface area contributed by atoms with E-state index in [0.717, 1.165) is 0 Å². The molecule has 0 aromatic carbocycles. The number of methoxy groups -OCH3 is 1. The van der Waals surface area contributed by atoms with Gasteiger partial charge in [-0.05, 0) is 13.8 Å². The Balaban J connectivity index is 2.08. The number of aliphatic carboxylic acids is 1. The molecule has 0 bridgehead atoms. The number of rotatable bonds is 2. The number of urea groups is 1. The smallest absolute Gasteiger partial charge is 0.326 e. The second-order valence-corrected chi connectivity index (χ2v) is 5.54. The lowest BCUT2D eigenvalue weighted by Crippen LogP contribution is -2.54. The van der Waals surface area contributed by atoms with Gasteiger partial charge >= 0.3 is 12.0 Å². The van der Waals surface area contributed by atoms with Gasteiger partial charge in [-0.1, -0.05) is 0 Å². The summed E-state index contributed by atoms with van der Waals surface area (Å²) in [5.41, 5.74) is 0. The maximum atomic E-state index is 12.5. The molecule has 2 unspecified atom stereocenters. The zero-order chi connectivity index (χ0) is 14.9. The molecule has 2 aliphatic rings. The quantitative estimate of drug-likeness (QED) is 0.794. The largest absolute Gasteiger partial charge is 0.480 e. The first-order valence-corrected chi connectivity index (χ1v) is 6.89. The summed E-state index contributed by atoms with van der Waals surface area (Å²) >= 11 is 0. The number of carbonyl (C=O) groups is 2. The van der Waals surface area contributed by atoms with Crippen LogP contribution in [0.5, 0.6) is 0 Å². The summed E-state index contributed by atoms with van der Waals surface area (Å²) in [6, 6.07) is -1.04. The van der Waals surface area contributed by atoms with Crippen molar-refractivity contribution in [3.63, 3.8) is 0 Å². The Morgan fingerprint density at radius 2 is 1.80 bits per heavy atom. The van der Waals surface area contributed by atoms with E-state index in [1.807, 2.05) is 13.8 Å². The molecule has 20 heavy (non-hydrogen) atoms. The lowest BCUT2D eigenvalue weighted by Gasteiger charge is -2.38. The SMILES string of the molecule is COC1CC(C(=O)O)N(C(=O)N2C[C@@H](C)O[C@@H](C)C2)C1. The van der Waals surface area contributed by atoms with Gasteiger partial charge in [-0.15, -0.1) is 0 Å². The van der Waals surface area contributed by atoms with Gasteiger partial charge in [-0.3, -0.25) is 0 Å². The van der Waals surface area contributed by atoms with Gasteiger partial charge in [-0.2, -0.15) is 0 Å². The van der Waals surface area contributed by atoms with Crippen molar-refractivity contribution < 1.29 is 24.2 Å². The van der Waals surface area contributed by atoms with E-state index in [9.17, 15) is 14.7 Å². The molecule has 0 aromatic heterocycles. The Morgan fingerprint density at radius 1 is 1.20 bits per heavy atom. The van der Waals surface area contributed by atoms with E-state index in [2.05, 4.69) is 0 Å². The van der Waals surface area contributed by atoms with Crippen LogP contribution in [0, 0.1) is 0 Å². The number of hydrogen-bond acceptors (Lipinski definition) is 4. The van der Waals surface area contributed by atoms with Crippen molar-refractivity contribution in [2.24, 2.45) is 0 Å². The molecular formula is C13H22N2O5. The van der Waals surface area contributed by atoms with E-state index in [1.165, 1.54) is 12.0 Å². The van der Waals surface area contributed by atoms with Crippen LogP contribution in [-0.2, 0) is 14.3 Å². The summed E-state index contributed by atoms with van der Waals surface area (Å²) in [5.74, 6) is -0.979. The van der Waals surface area contributed by atoms with Gasteiger partial charge in [0, 0.05) is 33.2 Å². The Kier molecular flexibility index (Phi) is 4.49. The van der Waals surface area contributed by atoms with E-state index in [-0.39, 0.29) is 24.3 Å². The molecule has 2 amide bonds. The van der Waals surface area contributed by atoms with Crippen LogP contribution in [0.3, 0.4) is 0 Å². The molecular weight excluding hydrogens is 264 g/mol. The van der Waals surface area contributed by atoms with Crippen LogP contribution in [-0.4, -0.2) is 78.0 Å². The first-order chi connectivity index (χ1) is 9.42. The van der Waals surface area contributed by atoms with Crippen molar-refractivity contribution in [2.75, 3.05) is 26.7 Å². The van der Waals surface area contributed by atoms with Gasteiger partial charge in [0.2, 0.25) is 0 Å². The molecule has 0 radical (unpaired) electrons. The van der Waals surface area contributed by atoms with Crippen LogP contribution in [0.25, 0.3) is 0 Å². The van der Waals surface area contributed by atoms with Gasteiger partial charge < -0.3 is 24.4 Å². The molecule has 7 heteroatoms. The average molecular weight is 286 g/mol. The van der Waals surface area contributed by atoms with Crippen LogP contribution < -0.4 is 0 Å². The Labute approximate surface area is 118 Å². The fourth-order valence-corrected chi connectivity index (χ4v) is 2.93. The van der Waals surface area contributed by atoms with E-state index in [0.29, 0.717) is 26.1 Å². The van der Waals surface area contributed by atoms with E-state index in [1.54, 1.807) is 4.90 Å². The lowest BCUT2D eigenvalue weighted by atomic mass is 10.2. The molecule has 114 valence electrons. The Bertz CT molecular complexity index is 379. The van der Waals surface area contributed by atoms with Gasteiger partial charge in [0.1, 0.15) is 6.04 Å². The van der Waals surface area contributed by atoms with Crippen molar-refractivity contribution in [1.29, 1.82) is 0 Å². The van der Waals surface area contributed by atoms with Crippen molar-refractivity contribution in [3.8, 4) is 0 Å². The van der Waals surface area contributed by atoms with Crippen LogP contribution >= 0.6 is 0 Å². The molecule has 0 spiro atoms. The number of ether oxygens (including phenoxy) is 2. The van der Waals surface area contributed by atoms with Crippen molar-refractivity contribution >= 4 is 12.0 Å². The first kappa shape index (κ1) is 15.1. The van der Waals surface area contributed by atoms with Crippen LogP contribution in [0.4, 0.5) is 4.79 Å². The van der Waals surface area contributed by atoms with Crippen molar-refractivity contribution in [1.82, 2.24) is 9.80 Å². The minimum absolute atomic E-state index is 0.0354. The van der Waals surface area contributed by atoms with Gasteiger partial charge in [0.25, 0.3) is 0 Å². The van der Waals surface area contributed by atoms with Crippen LogP contribution in [0.1, 0.15) is 20.3 Å². The predicted octanol–water partition coefficient (Wildman–Crippen LogP) is 0.390. The van der Waals surface area contributed by atoms with Gasteiger partial charge in [0.15, 0.2) is 0 Å².